The highest BCUT2D eigenvalue weighted by Gasteiger charge is 2.34. The summed E-state index contributed by atoms with van der Waals surface area (Å²) in [4.78, 5) is 13.7. The number of nitrogens with two attached hydrogens (primary N) is 1. The Morgan fingerprint density at radius 3 is 3.00 bits per heavy atom. The van der Waals surface area contributed by atoms with Crippen molar-refractivity contribution in [3.05, 3.63) is 23.8 Å². The van der Waals surface area contributed by atoms with Gasteiger partial charge < -0.3 is 16.0 Å². The molecule has 0 saturated carbocycles. The number of anilines is 2. The number of carbonyl (C=O) groups is 1. The van der Waals surface area contributed by atoms with Gasteiger partial charge in [0.1, 0.15) is 0 Å². The first-order valence-corrected chi connectivity index (χ1v) is 7.01. The molecule has 2 aliphatic rings. The van der Waals surface area contributed by atoms with E-state index in [9.17, 15) is 4.79 Å². The summed E-state index contributed by atoms with van der Waals surface area (Å²) in [5, 5.41) is 12.0. The molecule has 0 aliphatic carbocycles. The number of nitrogens with one attached hydrogen (secondary N) is 1. The van der Waals surface area contributed by atoms with Crippen LogP contribution in [0.15, 0.2) is 18.2 Å². The van der Waals surface area contributed by atoms with Gasteiger partial charge in [0.25, 0.3) is 0 Å². The molecule has 2 atom stereocenters. The second-order valence-corrected chi connectivity index (χ2v) is 5.59. The van der Waals surface area contributed by atoms with Crippen molar-refractivity contribution in [2.24, 2.45) is 5.92 Å². The number of nitrogen functional groups attached to an aromatic ring is 1. The van der Waals surface area contributed by atoms with Crippen LogP contribution in [0.4, 0.5) is 11.4 Å². The zero-order chi connectivity index (χ0) is 14.1. The second-order valence-electron chi connectivity index (χ2n) is 5.59. The summed E-state index contributed by atoms with van der Waals surface area (Å²) >= 11 is 0. The van der Waals surface area contributed by atoms with Crippen LogP contribution in [-0.2, 0) is 4.79 Å². The summed E-state index contributed by atoms with van der Waals surface area (Å²) in [7, 11) is 0. The van der Waals surface area contributed by atoms with Crippen LogP contribution >= 0.6 is 0 Å². The molecule has 0 radical (unpaired) electrons. The second kappa shape index (κ2) is 5.04. The summed E-state index contributed by atoms with van der Waals surface area (Å²) in [5.41, 5.74) is 8.30. The van der Waals surface area contributed by atoms with Gasteiger partial charge >= 0.3 is 0 Å². The molecule has 1 aromatic carbocycles. The molecule has 5 nitrogen and oxygen atoms in total. The third kappa shape index (κ3) is 2.29. The van der Waals surface area contributed by atoms with Crippen LogP contribution in [0.5, 0.6) is 0 Å². The minimum absolute atomic E-state index is 0.178. The average molecular weight is 270 g/mol. The fraction of sp³-hybridized carbons (Fsp3) is 0.467. The fourth-order valence-corrected chi connectivity index (χ4v) is 3.24. The normalized spacial score (nSPS) is 25.6. The van der Waals surface area contributed by atoms with E-state index in [0.29, 0.717) is 29.6 Å². The topological polar surface area (TPSA) is 82.2 Å². The number of fused-ring (bicyclic) bond motifs is 1. The van der Waals surface area contributed by atoms with Gasteiger partial charge in [0, 0.05) is 25.6 Å². The van der Waals surface area contributed by atoms with E-state index in [2.05, 4.69) is 16.3 Å². The molecule has 2 unspecified atom stereocenters. The third-order valence-electron chi connectivity index (χ3n) is 4.32. The molecule has 104 valence electrons. The first kappa shape index (κ1) is 12.8. The summed E-state index contributed by atoms with van der Waals surface area (Å²) in [6, 6.07) is 7.87. The van der Waals surface area contributed by atoms with Crippen molar-refractivity contribution >= 4 is 17.3 Å². The third-order valence-corrected chi connectivity index (χ3v) is 4.32. The Morgan fingerprint density at radius 1 is 1.40 bits per heavy atom. The molecule has 2 heterocycles. The fourth-order valence-electron chi connectivity index (χ4n) is 3.24. The highest BCUT2D eigenvalue weighted by atomic mass is 16.1. The van der Waals surface area contributed by atoms with E-state index >= 15 is 0 Å². The number of hydrogen-bond donors (Lipinski definition) is 2. The number of rotatable bonds is 1. The Labute approximate surface area is 118 Å². The zero-order valence-corrected chi connectivity index (χ0v) is 11.3. The molecule has 5 heteroatoms. The molecule has 2 fully saturated rings. The lowest BCUT2D eigenvalue weighted by molar-refractivity contribution is -0.124. The van der Waals surface area contributed by atoms with Crippen LogP contribution in [0.25, 0.3) is 0 Å². The van der Waals surface area contributed by atoms with Crippen molar-refractivity contribution in [1.82, 2.24) is 5.32 Å². The number of piperidine rings is 2. The first-order valence-electron chi connectivity index (χ1n) is 7.01. The van der Waals surface area contributed by atoms with Gasteiger partial charge in [-0.1, -0.05) is 0 Å². The van der Waals surface area contributed by atoms with Gasteiger partial charge in [0.2, 0.25) is 5.91 Å². The van der Waals surface area contributed by atoms with Gasteiger partial charge in [0.15, 0.2) is 0 Å². The Kier molecular flexibility index (Phi) is 3.23. The largest absolute Gasteiger partial charge is 0.397 e. The minimum Gasteiger partial charge on any atom is -0.397 e. The quantitative estimate of drug-likeness (QED) is 0.752. The zero-order valence-electron chi connectivity index (χ0n) is 11.3. The number of amides is 1. The maximum Gasteiger partial charge on any atom is 0.220 e. The van der Waals surface area contributed by atoms with Gasteiger partial charge in [-0.05, 0) is 37.0 Å². The van der Waals surface area contributed by atoms with Gasteiger partial charge in [-0.25, -0.2) is 0 Å². The smallest absolute Gasteiger partial charge is 0.220 e. The van der Waals surface area contributed by atoms with Crippen LogP contribution in [0.3, 0.4) is 0 Å². The molecule has 1 amide bonds. The van der Waals surface area contributed by atoms with E-state index in [-0.39, 0.29) is 5.91 Å². The number of hydrogen-bond acceptors (Lipinski definition) is 4. The van der Waals surface area contributed by atoms with Gasteiger partial charge in [0.05, 0.1) is 23.0 Å². The minimum atomic E-state index is 0.178. The SMILES string of the molecule is N#Cc1ccc(N2CCC3NC(=O)CCC3C2)c(N)c1. The van der Waals surface area contributed by atoms with Crippen LogP contribution in [0, 0.1) is 17.2 Å². The van der Waals surface area contributed by atoms with Crippen molar-refractivity contribution in [2.45, 2.75) is 25.3 Å². The molecule has 2 aliphatic heterocycles. The monoisotopic (exact) mass is 270 g/mol. The summed E-state index contributed by atoms with van der Waals surface area (Å²) in [5.74, 6) is 0.675. The summed E-state index contributed by atoms with van der Waals surface area (Å²) in [6.07, 6.45) is 2.52. The molecule has 3 N–H and O–H groups in total. The first-order chi connectivity index (χ1) is 9.67. The van der Waals surface area contributed by atoms with E-state index in [4.69, 9.17) is 11.0 Å². The Morgan fingerprint density at radius 2 is 2.25 bits per heavy atom. The molecule has 0 aromatic heterocycles. The molecular formula is C15H18N4O. The Bertz CT molecular complexity index is 578. The van der Waals surface area contributed by atoms with Crippen LogP contribution < -0.4 is 16.0 Å². The van der Waals surface area contributed by atoms with Gasteiger partial charge in [-0.3, -0.25) is 4.79 Å². The average Bonchev–Trinajstić information content (AvgIpc) is 2.46. The van der Waals surface area contributed by atoms with E-state index in [0.717, 1.165) is 31.6 Å². The lowest BCUT2D eigenvalue weighted by Crippen LogP contribution is -2.54. The summed E-state index contributed by atoms with van der Waals surface area (Å²) in [6.45, 7) is 1.80. The highest BCUT2D eigenvalue weighted by molar-refractivity contribution is 5.77. The van der Waals surface area contributed by atoms with Crippen LogP contribution in [0.2, 0.25) is 0 Å². The van der Waals surface area contributed by atoms with E-state index < -0.39 is 0 Å². The predicted octanol–water partition coefficient (Wildman–Crippen LogP) is 1.25. The van der Waals surface area contributed by atoms with E-state index in [1.165, 1.54) is 0 Å². The maximum absolute atomic E-state index is 11.4. The number of carbonyl (C=O) groups excluding carboxylic acids is 1. The number of nitrogens with zero attached hydrogens (tertiary/aromatic N) is 2. The number of nitriles is 1. The lowest BCUT2D eigenvalue weighted by Gasteiger charge is -2.42. The van der Waals surface area contributed by atoms with Crippen molar-refractivity contribution in [1.29, 1.82) is 5.26 Å². The van der Waals surface area contributed by atoms with E-state index in [1.807, 2.05) is 6.07 Å². The molecule has 20 heavy (non-hydrogen) atoms. The molecule has 2 saturated heterocycles. The molecule has 0 spiro atoms. The Hall–Kier alpha value is -2.22. The van der Waals surface area contributed by atoms with Crippen molar-refractivity contribution < 1.29 is 4.79 Å². The van der Waals surface area contributed by atoms with Crippen molar-refractivity contribution in [3.63, 3.8) is 0 Å². The highest BCUT2D eigenvalue weighted by Crippen LogP contribution is 2.31. The molecule has 3 rings (SSSR count). The van der Waals surface area contributed by atoms with Gasteiger partial charge in [-0.15, -0.1) is 0 Å². The van der Waals surface area contributed by atoms with Crippen LogP contribution in [-0.4, -0.2) is 25.0 Å². The molecular weight excluding hydrogens is 252 g/mol. The maximum atomic E-state index is 11.4. The molecule has 0 bridgehead atoms. The predicted molar refractivity (Wildman–Crippen MR) is 77.1 cm³/mol. The van der Waals surface area contributed by atoms with Crippen molar-refractivity contribution in [2.75, 3.05) is 23.7 Å². The van der Waals surface area contributed by atoms with Crippen molar-refractivity contribution in [3.8, 4) is 6.07 Å². The lowest BCUT2D eigenvalue weighted by atomic mass is 9.85. The molecule has 1 aromatic rings. The number of benzene rings is 1. The Balaban J connectivity index is 1.76. The summed E-state index contributed by atoms with van der Waals surface area (Å²) < 4.78 is 0. The van der Waals surface area contributed by atoms with E-state index in [1.54, 1.807) is 12.1 Å². The van der Waals surface area contributed by atoms with Crippen LogP contribution in [0.1, 0.15) is 24.8 Å². The standard InChI is InChI=1S/C15H18N4O/c16-8-10-1-3-14(12(17)7-10)19-6-5-13-11(9-19)2-4-15(20)18-13/h1,3,7,11,13H,2,4-6,9,17H2,(H,18,20). The van der Waals surface area contributed by atoms with Gasteiger partial charge in [-0.2, -0.15) is 5.26 Å².